The molecule has 1 aliphatic rings. The quantitative estimate of drug-likeness (QED) is 0.517. The maximum absolute atomic E-state index is 14.1. The first-order valence-electron chi connectivity index (χ1n) is 9.25. The van der Waals surface area contributed by atoms with Crippen molar-refractivity contribution in [2.24, 2.45) is 5.41 Å². The second kappa shape index (κ2) is 8.37. The first-order valence-corrected chi connectivity index (χ1v) is 9.25. The third-order valence-corrected chi connectivity index (χ3v) is 4.67. The van der Waals surface area contributed by atoms with Gasteiger partial charge in [-0.1, -0.05) is 13.3 Å². The number of nitrogens with one attached hydrogen (secondary N) is 2. The molecule has 0 aromatic heterocycles. The third-order valence-electron chi connectivity index (χ3n) is 4.67. The van der Waals surface area contributed by atoms with Crippen LogP contribution in [0.5, 0.6) is 5.75 Å². The maximum atomic E-state index is 14.1. The lowest BCUT2D eigenvalue weighted by Gasteiger charge is -2.16. The Kier molecular flexibility index (Phi) is 5.92. The standard InChI is InChI=1S/C21H22F2N2O3/c1-2-3-12-28-18-9-8-16(13-17(18)23)25-20(27)21(10-11-21)19(26)24-15-6-4-14(22)5-7-15/h4-9,13H,2-3,10-12H2,1H3,(H,24,26)(H,25,27). The molecule has 148 valence electrons. The monoisotopic (exact) mass is 388 g/mol. The SMILES string of the molecule is CCCCOc1ccc(NC(=O)C2(C(=O)Nc3ccc(F)cc3)CC2)cc1F. The number of benzene rings is 2. The van der Waals surface area contributed by atoms with E-state index >= 15 is 0 Å². The molecule has 1 saturated carbocycles. The summed E-state index contributed by atoms with van der Waals surface area (Å²) in [6.07, 6.45) is 2.56. The minimum absolute atomic E-state index is 0.127. The highest BCUT2D eigenvalue weighted by Gasteiger charge is 2.56. The van der Waals surface area contributed by atoms with Gasteiger partial charge in [0.1, 0.15) is 11.2 Å². The summed E-state index contributed by atoms with van der Waals surface area (Å²) in [5.74, 6) is -1.82. The van der Waals surface area contributed by atoms with Crippen LogP contribution in [0.1, 0.15) is 32.6 Å². The largest absolute Gasteiger partial charge is 0.491 e. The molecule has 2 N–H and O–H groups in total. The fourth-order valence-corrected chi connectivity index (χ4v) is 2.74. The van der Waals surface area contributed by atoms with Gasteiger partial charge >= 0.3 is 0 Å². The normalized spacial score (nSPS) is 14.2. The first-order chi connectivity index (χ1) is 13.4. The van der Waals surface area contributed by atoms with Gasteiger partial charge in [-0.05, 0) is 55.7 Å². The number of ether oxygens (including phenoxy) is 1. The smallest absolute Gasteiger partial charge is 0.240 e. The van der Waals surface area contributed by atoms with Gasteiger partial charge in [0.05, 0.1) is 6.61 Å². The average Bonchev–Trinajstić information content (AvgIpc) is 3.48. The summed E-state index contributed by atoms with van der Waals surface area (Å²) < 4.78 is 32.5. The van der Waals surface area contributed by atoms with Crippen LogP contribution in [0.2, 0.25) is 0 Å². The summed E-state index contributed by atoms with van der Waals surface area (Å²) in [6, 6.07) is 9.47. The Morgan fingerprint density at radius 2 is 1.61 bits per heavy atom. The van der Waals surface area contributed by atoms with Crippen LogP contribution in [0, 0.1) is 17.0 Å². The summed E-state index contributed by atoms with van der Waals surface area (Å²) in [5, 5.41) is 5.23. The van der Waals surface area contributed by atoms with Crippen LogP contribution in [0.15, 0.2) is 42.5 Å². The lowest BCUT2D eigenvalue weighted by molar-refractivity contribution is -0.131. The molecule has 0 radical (unpaired) electrons. The Morgan fingerprint density at radius 3 is 2.18 bits per heavy atom. The summed E-state index contributed by atoms with van der Waals surface area (Å²) in [6.45, 7) is 2.43. The molecule has 5 nitrogen and oxygen atoms in total. The van der Waals surface area contributed by atoms with E-state index in [1.165, 1.54) is 42.5 Å². The highest BCUT2D eigenvalue weighted by atomic mass is 19.1. The highest BCUT2D eigenvalue weighted by molar-refractivity contribution is 6.16. The van der Waals surface area contributed by atoms with Crippen molar-refractivity contribution in [3.8, 4) is 5.75 Å². The Hall–Kier alpha value is -2.96. The molecule has 0 atom stereocenters. The summed E-state index contributed by atoms with van der Waals surface area (Å²) >= 11 is 0. The Morgan fingerprint density at radius 1 is 1.00 bits per heavy atom. The van der Waals surface area contributed by atoms with Gasteiger partial charge in [0.25, 0.3) is 0 Å². The van der Waals surface area contributed by atoms with Crippen molar-refractivity contribution in [3.05, 3.63) is 54.1 Å². The van der Waals surface area contributed by atoms with Gasteiger partial charge in [0.15, 0.2) is 11.6 Å². The minimum atomic E-state index is -1.19. The molecular weight excluding hydrogens is 366 g/mol. The van der Waals surface area contributed by atoms with Crippen molar-refractivity contribution in [2.45, 2.75) is 32.6 Å². The molecule has 2 aromatic rings. The van der Waals surface area contributed by atoms with Crippen LogP contribution in [-0.4, -0.2) is 18.4 Å². The zero-order chi connectivity index (χ0) is 20.1. The van der Waals surface area contributed by atoms with Crippen LogP contribution < -0.4 is 15.4 Å². The van der Waals surface area contributed by atoms with Gasteiger partial charge in [-0.3, -0.25) is 9.59 Å². The van der Waals surface area contributed by atoms with Crippen molar-refractivity contribution < 1.29 is 23.1 Å². The molecule has 3 rings (SSSR count). The van der Waals surface area contributed by atoms with Gasteiger partial charge in [-0.2, -0.15) is 0 Å². The van der Waals surface area contributed by atoms with E-state index in [2.05, 4.69) is 10.6 Å². The van der Waals surface area contributed by atoms with Crippen LogP contribution in [0.4, 0.5) is 20.2 Å². The molecule has 0 bridgehead atoms. The van der Waals surface area contributed by atoms with Crippen LogP contribution in [0.3, 0.4) is 0 Å². The lowest BCUT2D eigenvalue weighted by atomic mass is 10.0. The molecular formula is C21H22F2N2O3. The maximum Gasteiger partial charge on any atom is 0.240 e. The Balaban J connectivity index is 1.62. The molecule has 1 aliphatic carbocycles. The van der Waals surface area contributed by atoms with E-state index in [0.29, 0.717) is 25.1 Å². The lowest BCUT2D eigenvalue weighted by Crippen LogP contribution is -2.35. The molecule has 1 fully saturated rings. The first kappa shape index (κ1) is 19.8. The molecule has 0 unspecified atom stereocenters. The number of anilines is 2. The van der Waals surface area contributed by atoms with Crippen molar-refractivity contribution >= 4 is 23.2 Å². The van der Waals surface area contributed by atoms with Crippen molar-refractivity contribution in [1.29, 1.82) is 0 Å². The third kappa shape index (κ3) is 4.47. The van der Waals surface area contributed by atoms with E-state index in [1.54, 1.807) is 0 Å². The topological polar surface area (TPSA) is 67.4 Å². The van der Waals surface area contributed by atoms with E-state index in [9.17, 15) is 18.4 Å². The van der Waals surface area contributed by atoms with E-state index < -0.39 is 28.9 Å². The van der Waals surface area contributed by atoms with Crippen LogP contribution in [0.25, 0.3) is 0 Å². The summed E-state index contributed by atoms with van der Waals surface area (Å²) in [5.41, 5.74) is -0.530. The number of carbonyl (C=O) groups excluding carboxylic acids is 2. The molecule has 7 heteroatoms. The van der Waals surface area contributed by atoms with E-state index in [-0.39, 0.29) is 11.4 Å². The van der Waals surface area contributed by atoms with E-state index in [1.807, 2.05) is 6.92 Å². The zero-order valence-electron chi connectivity index (χ0n) is 15.6. The molecule has 0 saturated heterocycles. The fraction of sp³-hybridized carbons (Fsp3) is 0.333. The number of unbranched alkanes of at least 4 members (excludes halogenated alkanes) is 1. The van der Waals surface area contributed by atoms with Crippen LogP contribution >= 0.6 is 0 Å². The van der Waals surface area contributed by atoms with Crippen molar-refractivity contribution in [1.82, 2.24) is 0 Å². The van der Waals surface area contributed by atoms with Crippen molar-refractivity contribution in [3.63, 3.8) is 0 Å². The number of hydrogen-bond donors (Lipinski definition) is 2. The predicted molar refractivity (Wildman–Crippen MR) is 102 cm³/mol. The minimum Gasteiger partial charge on any atom is -0.491 e. The number of hydrogen-bond acceptors (Lipinski definition) is 3. The fourth-order valence-electron chi connectivity index (χ4n) is 2.74. The summed E-state index contributed by atoms with van der Waals surface area (Å²) in [4.78, 5) is 25.1. The van der Waals surface area contributed by atoms with Gasteiger partial charge < -0.3 is 15.4 Å². The number of carbonyl (C=O) groups is 2. The second-order valence-electron chi connectivity index (χ2n) is 6.84. The highest BCUT2D eigenvalue weighted by Crippen LogP contribution is 2.47. The van der Waals surface area contributed by atoms with E-state index in [4.69, 9.17) is 4.74 Å². The Labute approximate surface area is 162 Å². The van der Waals surface area contributed by atoms with Gasteiger partial charge in [0.2, 0.25) is 11.8 Å². The number of halogens is 2. The molecule has 0 aliphatic heterocycles. The molecule has 0 heterocycles. The second-order valence-corrected chi connectivity index (χ2v) is 6.84. The van der Waals surface area contributed by atoms with Gasteiger partial charge in [-0.25, -0.2) is 8.78 Å². The predicted octanol–water partition coefficient (Wildman–Crippen LogP) is 4.50. The van der Waals surface area contributed by atoms with E-state index in [0.717, 1.165) is 12.8 Å². The zero-order valence-corrected chi connectivity index (χ0v) is 15.6. The van der Waals surface area contributed by atoms with Gasteiger partial charge in [-0.15, -0.1) is 0 Å². The van der Waals surface area contributed by atoms with Gasteiger partial charge in [0, 0.05) is 17.4 Å². The summed E-state index contributed by atoms with van der Waals surface area (Å²) in [7, 11) is 0. The molecule has 0 spiro atoms. The average molecular weight is 388 g/mol. The number of rotatable bonds is 8. The molecule has 2 aromatic carbocycles. The van der Waals surface area contributed by atoms with Crippen molar-refractivity contribution in [2.75, 3.05) is 17.2 Å². The van der Waals surface area contributed by atoms with Crippen LogP contribution in [-0.2, 0) is 9.59 Å². The number of amides is 2. The molecule has 2 amide bonds. The Bertz CT molecular complexity index is 864. The molecule has 28 heavy (non-hydrogen) atoms.